The number of rotatable bonds is 4. The fourth-order valence-corrected chi connectivity index (χ4v) is 3.81. The molecule has 0 aliphatic carbocycles. The van der Waals surface area contributed by atoms with Gasteiger partial charge in [0.05, 0.1) is 6.26 Å². The minimum absolute atomic E-state index is 0.0531. The third kappa shape index (κ3) is 4.42. The Labute approximate surface area is 149 Å². The number of likely N-dealkylation sites (tertiary alicyclic amines) is 1. The van der Waals surface area contributed by atoms with Crippen LogP contribution in [0.1, 0.15) is 37.2 Å². The van der Waals surface area contributed by atoms with Gasteiger partial charge in [-0.25, -0.2) is 0 Å². The van der Waals surface area contributed by atoms with E-state index in [-0.39, 0.29) is 17.7 Å². The van der Waals surface area contributed by atoms with E-state index in [0.717, 1.165) is 45.6 Å². The van der Waals surface area contributed by atoms with Crippen molar-refractivity contribution < 1.29 is 14.0 Å². The van der Waals surface area contributed by atoms with Gasteiger partial charge in [0, 0.05) is 51.7 Å². The van der Waals surface area contributed by atoms with Crippen LogP contribution in [0.2, 0.25) is 0 Å². The first-order valence-electron chi connectivity index (χ1n) is 9.38. The zero-order chi connectivity index (χ0) is 17.8. The van der Waals surface area contributed by atoms with Gasteiger partial charge in [-0.15, -0.1) is 0 Å². The molecule has 2 fully saturated rings. The summed E-state index contributed by atoms with van der Waals surface area (Å²) in [5.41, 5.74) is 0. The Morgan fingerprint density at radius 3 is 2.32 bits per heavy atom. The van der Waals surface area contributed by atoms with Gasteiger partial charge in [-0.05, 0) is 30.9 Å². The average molecular weight is 347 g/mol. The summed E-state index contributed by atoms with van der Waals surface area (Å²) in [6.07, 6.45) is 3.01. The van der Waals surface area contributed by atoms with Gasteiger partial charge in [0.1, 0.15) is 0 Å². The number of hydrogen-bond donors (Lipinski definition) is 0. The van der Waals surface area contributed by atoms with E-state index >= 15 is 0 Å². The van der Waals surface area contributed by atoms with E-state index in [2.05, 4.69) is 18.7 Å². The van der Waals surface area contributed by atoms with Crippen LogP contribution in [0.4, 0.5) is 0 Å². The molecule has 3 rings (SSSR count). The number of carbonyl (C=O) groups excluding carboxylic acids is 2. The molecule has 3 heterocycles. The Morgan fingerprint density at radius 1 is 1.08 bits per heavy atom. The second-order valence-corrected chi connectivity index (χ2v) is 7.56. The third-order valence-corrected chi connectivity index (χ3v) is 5.17. The number of carbonyl (C=O) groups is 2. The fourth-order valence-electron chi connectivity index (χ4n) is 3.81. The molecule has 25 heavy (non-hydrogen) atoms. The molecule has 6 nitrogen and oxygen atoms in total. The standard InChI is InChI=1S/C19H29N3O3/c1-15(2)14-20-9-11-22(12-10-20)18(23)16-5-7-21(8-6-16)19(24)17-4-3-13-25-17/h3-4,13,15-16H,5-12,14H2,1-2H3. The van der Waals surface area contributed by atoms with E-state index < -0.39 is 0 Å². The van der Waals surface area contributed by atoms with Crippen LogP contribution >= 0.6 is 0 Å². The minimum Gasteiger partial charge on any atom is -0.459 e. The Balaban J connectivity index is 1.45. The number of nitrogens with zero attached hydrogens (tertiary/aromatic N) is 3. The van der Waals surface area contributed by atoms with Gasteiger partial charge in [-0.2, -0.15) is 0 Å². The van der Waals surface area contributed by atoms with E-state index in [9.17, 15) is 9.59 Å². The molecule has 0 N–H and O–H groups in total. The molecule has 0 saturated carbocycles. The second kappa shape index (κ2) is 8.04. The molecule has 0 spiro atoms. The first kappa shape index (κ1) is 18.0. The Morgan fingerprint density at radius 2 is 1.76 bits per heavy atom. The molecule has 0 bridgehead atoms. The highest BCUT2D eigenvalue weighted by molar-refractivity contribution is 5.91. The summed E-state index contributed by atoms with van der Waals surface area (Å²) in [4.78, 5) is 31.3. The van der Waals surface area contributed by atoms with Gasteiger partial charge in [-0.1, -0.05) is 13.8 Å². The number of piperazine rings is 1. The van der Waals surface area contributed by atoms with Gasteiger partial charge in [0.2, 0.25) is 5.91 Å². The van der Waals surface area contributed by atoms with Crippen LogP contribution in [-0.2, 0) is 4.79 Å². The van der Waals surface area contributed by atoms with Crippen LogP contribution in [-0.4, -0.2) is 72.3 Å². The summed E-state index contributed by atoms with van der Waals surface area (Å²) in [6.45, 7) is 10.4. The van der Waals surface area contributed by atoms with E-state index in [0.29, 0.717) is 24.8 Å². The van der Waals surface area contributed by atoms with Crippen LogP contribution in [0.25, 0.3) is 0 Å². The first-order valence-corrected chi connectivity index (χ1v) is 9.38. The first-order chi connectivity index (χ1) is 12.0. The lowest BCUT2D eigenvalue weighted by atomic mass is 9.94. The molecule has 2 amide bonds. The molecule has 2 aliphatic heterocycles. The lowest BCUT2D eigenvalue weighted by Gasteiger charge is -2.39. The van der Waals surface area contributed by atoms with Crippen LogP contribution in [0, 0.1) is 11.8 Å². The van der Waals surface area contributed by atoms with Crippen molar-refractivity contribution >= 4 is 11.8 Å². The van der Waals surface area contributed by atoms with E-state index in [1.165, 1.54) is 6.26 Å². The largest absolute Gasteiger partial charge is 0.459 e. The molecule has 1 aromatic rings. The van der Waals surface area contributed by atoms with Crippen molar-refractivity contribution in [3.63, 3.8) is 0 Å². The average Bonchev–Trinajstić information content (AvgIpc) is 3.15. The van der Waals surface area contributed by atoms with Crippen molar-refractivity contribution in [2.24, 2.45) is 11.8 Å². The normalized spacial score (nSPS) is 20.3. The number of hydrogen-bond acceptors (Lipinski definition) is 4. The summed E-state index contributed by atoms with van der Waals surface area (Å²) in [5.74, 6) is 1.30. The molecule has 2 saturated heterocycles. The highest BCUT2D eigenvalue weighted by atomic mass is 16.3. The number of piperidine rings is 1. The molecular formula is C19H29N3O3. The minimum atomic E-state index is -0.0711. The smallest absolute Gasteiger partial charge is 0.289 e. The van der Waals surface area contributed by atoms with Gasteiger partial charge >= 0.3 is 0 Å². The summed E-state index contributed by atoms with van der Waals surface area (Å²) < 4.78 is 5.18. The highest BCUT2D eigenvalue weighted by Gasteiger charge is 2.32. The molecule has 1 aromatic heterocycles. The quantitative estimate of drug-likeness (QED) is 0.835. The molecule has 2 aliphatic rings. The summed E-state index contributed by atoms with van der Waals surface area (Å²) in [7, 11) is 0. The summed E-state index contributed by atoms with van der Waals surface area (Å²) in [5, 5.41) is 0. The van der Waals surface area contributed by atoms with Crippen molar-refractivity contribution in [3.8, 4) is 0 Å². The molecule has 0 unspecified atom stereocenters. The van der Waals surface area contributed by atoms with Crippen molar-refractivity contribution in [1.82, 2.24) is 14.7 Å². The Kier molecular flexibility index (Phi) is 5.78. The predicted molar refractivity (Wildman–Crippen MR) is 95.2 cm³/mol. The van der Waals surface area contributed by atoms with E-state index in [1.807, 2.05) is 4.90 Å². The topological polar surface area (TPSA) is 57.0 Å². The van der Waals surface area contributed by atoms with Gasteiger partial charge in [0.15, 0.2) is 5.76 Å². The summed E-state index contributed by atoms with van der Waals surface area (Å²) in [6, 6.07) is 3.42. The zero-order valence-corrected chi connectivity index (χ0v) is 15.3. The third-order valence-electron chi connectivity index (χ3n) is 5.17. The Hall–Kier alpha value is -1.82. The van der Waals surface area contributed by atoms with E-state index in [4.69, 9.17) is 4.42 Å². The lowest BCUT2D eigenvalue weighted by molar-refractivity contribution is -0.138. The maximum Gasteiger partial charge on any atom is 0.289 e. The zero-order valence-electron chi connectivity index (χ0n) is 15.3. The lowest BCUT2D eigenvalue weighted by Crippen LogP contribution is -2.52. The SMILES string of the molecule is CC(C)CN1CCN(C(=O)C2CCN(C(=O)c3ccco3)CC2)CC1. The predicted octanol–water partition coefficient (Wildman–Crippen LogP) is 1.93. The Bertz CT molecular complexity index is 569. The molecule has 0 aromatic carbocycles. The van der Waals surface area contributed by atoms with Gasteiger partial charge in [0.25, 0.3) is 5.91 Å². The van der Waals surface area contributed by atoms with Crippen LogP contribution in [0.15, 0.2) is 22.8 Å². The fraction of sp³-hybridized carbons (Fsp3) is 0.684. The van der Waals surface area contributed by atoms with Gasteiger partial charge < -0.3 is 14.2 Å². The maximum absolute atomic E-state index is 12.8. The summed E-state index contributed by atoms with van der Waals surface area (Å²) >= 11 is 0. The number of amides is 2. The molecule has 0 radical (unpaired) electrons. The second-order valence-electron chi connectivity index (χ2n) is 7.56. The molecule has 138 valence electrons. The van der Waals surface area contributed by atoms with Crippen LogP contribution in [0.3, 0.4) is 0 Å². The van der Waals surface area contributed by atoms with Crippen molar-refractivity contribution in [1.29, 1.82) is 0 Å². The molecular weight excluding hydrogens is 318 g/mol. The van der Waals surface area contributed by atoms with E-state index in [1.54, 1.807) is 17.0 Å². The molecule has 0 atom stereocenters. The van der Waals surface area contributed by atoms with Crippen molar-refractivity contribution in [3.05, 3.63) is 24.2 Å². The van der Waals surface area contributed by atoms with Crippen LogP contribution in [0.5, 0.6) is 0 Å². The van der Waals surface area contributed by atoms with Crippen LogP contribution < -0.4 is 0 Å². The maximum atomic E-state index is 12.8. The highest BCUT2D eigenvalue weighted by Crippen LogP contribution is 2.22. The van der Waals surface area contributed by atoms with Gasteiger partial charge in [-0.3, -0.25) is 14.5 Å². The molecule has 6 heteroatoms. The van der Waals surface area contributed by atoms with Crippen molar-refractivity contribution in [2.45, 2.75) is 26.7 Å². The monoisotopic (exact) mass is 347 g/mol. The van der Waals surface area contributed by atoms with Crippen molar-refractivity contribution in [2.75, 3.05) is 45.8 Å². The number of furan rings is 1.